The van der Waals surface area contributed by atoms with E-state index in [9.17, 15) is 5.11 Å². The van der Waals surface area contributed by atoms with Crippen LogP contribution in [0.15, 0.2) is 47.1 Å². The van der Waals surface area contributed by atoms with E-state index in [1.807, 2.05) is 18.2 Å². The SMILES string of the molecule is CCn1c(CC(O)c2ccco2)nc2ccccc21. The monoisotopic (exact) mass is 256 g/mol. The molecule has 0 saturated heterocycles. The Balaban J connectivity index is 1.96. The summed E-state index contributed by atoms with van der Waals surface area (Å²) in [6.07, 6.45) is 1.37. The number of furan rings is 1. The van der Waals surface area contributed by atoms with Gasteiger partial charge in [0.1, 0.15) is 17.7 Å². The van der Waals surface area contributed by atoms with Crippen molar-refractivity contribution >= 4 is 11.0 Å². The summed E-state index contributed by atoms with van der Waals surface area (Å²) in [6, 6.07) is 11.6. The number of aromatic nitrogens is 2. The summed E-state index contributed by atoms with van der Waals surface area (Å²) in [6.45, 7) is 2.91. The van der Waals surface area contributed by atoms with Crippen LogP contribution >= 0.6 is 0 Å². The molecule has 0 amide bonds. The maximum Gasteiger partial charge on any atom is 0.132 e. The first-order chi connectivity index (χ1) is 9.29. The molecule has 98 valence electrons. The molecule has 1 unspecified atom stereocenters. The smallest absolute Gasteiger partial charge is 0.132 e. The van der Waals surface area contributed by atoms with Crippen molar-refractivity contribution in [2.45, 2.75) is 26.0 Å². The molecule has 2 heterocycles. The van der Waals surface area contributed by atoms with Crippen LogP contribution in [0.4, 0.5) is 0 Å². The molecule has 4 nitrogen and oxygen atoms in total. The van der Waals surface area contributed by atoms with E-state index < -0.39 is 6.10 Å². The Morgan fingerprint density at radius 2 is 2.11 bits per heavy atom. The van der Waals surface area contributed by atoms with Gasteiger partial charge in [-0.2, -0.15) is 0 Å². The fourth-order valence-electron chi connectivity index (χ4n) is 2.39. The summed E-state index contributed by atoms with van der Waals surface area (Å²) < 4.78 is 7.35. The van der Waals surface area contributed by atoms with E-state index in [0.29, 0.717) is 12.2 Å². The van der Waals surface area contributed by atoms with Gasteiger partial charge in [-0.25, -0.2) is 4.98 Å². The Bertz CT molecular complexity index is 671. The van der Waals surface area contributed by atoms with Crippen molar-refractivity contribution in [3.8, 4) is 0 Å². The molecule has 4 heteroatoms. The number of fused-ring (bicyclic) bond motifs is 1. The first-order valence-corrected chi connectivity index (χ1v) is 6.45. The first kappa shape index (κ1) is 12.0. The molecule has 0 radical (unpaired) electrons. The Morgan fingerprint density at radius 1 is 1.26 bits per heavy atom. The quantitative estimate of drug-likeness (QED) is 0.780. The van der Waals surface area contributed by atoms with Crippen molar-refractivity contribution in [2.24, 2.45) is 0 Å². The predicted molar refractivity (Wildman–Crippen MR) is 72.8 cm³/mol. The third kappa shape index (κ3) is 2.15. The van der Waals surface area contributed by atoms with Crippen molar-refractivity contribution in [3.63, 3.8) is 0 Å². The summed E-state index contributed by atoms with van der Waals surface area (Å²) in [5.74, 6) is 1.46. The van der Waals surface area contributed by atoms with Crippen molar-refractivity contribution in [1.82, 2.24) is 9.55 Å². The van der Waals surface area contributed by atoms with Crippen LogP contribution in [0.5, 0.6) is 0 Å². The lowest BCUT2D eigenvalue weighted by atomic mass is 10.2. The number of rotatable bonds is 4. The van der Waals surface area contributed by atoms with Gasteiger partial charge in [-0.05, 0) is 31.2 Å². The molecular formula is C15H16N2O2. The summed E-state index contributed by atoms with van der Waals surface area (Å²) in [4.78, 5) is 4.59. The molecule has 19 heavy (non-hydrogen) atoms. The van der Waals surface area contributed by atoms with Gasteiger partial charge >= 0.3 is 0 Å². The molecule has 3 aromatic rings. The third-order valence-electron chi connectivity index (χ3n) is 3.30. The molecule has 3 rings (SSSR count). The van der Waals surface area contributed by atoms with Gasteiger partial charge in [0, 0.05) is 13.0 Å². The van der Waals surface area contributed by atoms with Crippen LogP contribution in [0.1, 0.15) is 24.6 Å². The number of benzene rings is 1. The van der Waals surface area contributed by atoms with Crippen molar-refractivity contribution in [3.05, 3.63) is 54.2 Å². The number of nitrogens with zero attached hydrogens (tertiary/aromatic N) is 2. The topological polar surface area (TPSA) is 51.2 Å². The average molecular weight is 256 g/mol. The maximum atomic E-state index is 10.2. The van der Waals surface area contributed by atoms with Crippen LogP contribution < -0.4 is 0 Å². The normalized spacial score (nSPS) is 12.9. The molecule has 1 atom stereocenters. The molecule has 0 spiro atoms. The number of aliphatic hydroxyl groups excluding tert-OH is 1. The third-order valence-corrected chi connectivity index (χ3v) is 3.30. The minimum Gasteiger partial charge on any atom is -0.467 e. The van der Waals surface area contributed by atoms with Crippen LogP contribution in [-0.4, -0.2) is 14.7 Å². The van der Waals surface area contributed by atoms with Crippen molar-refractivity contribution in [2.75, 3.05) is 0 Å². The fraction of sp³-hybridized carbons (Fsp3) is 0.267. The molecule has 0 bridgehead atoms. The number of hydrogen-bond donors (Lipinski definition) is 1. The zero-order valence-corrected chi connectivity index (χ0v) is 10.8. The molecule has 0 aliphatic carbocycles. The molecule has 0 fully saturated rings. The molecule has 0 aliphatic heterocycles. The molecule has 1 N–H and O–H groups in total. The van der Waals surface area contributed by atoms with Gasteiger partial charge in [0.05, 0.1) is 17.3 Å². The first-order valence-electron chi connectivity index (χ1n) is 6.45. The van der Waals surface area contributed by atoms with Crippen LogP contribution in [0.2, 0.25) is 0 Å². The Labute approximate surface area is 111 Å². The lowest BCUT2D eigenvalue weighted by molar-refractivity contribution is 0.147. The predicted octanol–water partition coefficient (Wildman–Crippen LogP) is 2.93. The van der Waals surface area contributed by atoms with Gasteiger partial charge in [-0.15, -0.1) is 0 Å². The van der Waals surface area contributed by atoms with E-state index in [4.69, 9.17) is 4.42 Å². The van der Waals surface area contributed by atoms with Crippen molar-refractivity contribution < 1.29 is 9.52 Å². The summed E-state index contributed by atoms with van der Waals surface area (Å²) >= 11 is 0. The van der Waals surface area contributed by atoms with E-state index in [0.717, 1.165) is 23.4 Å². The van der Waals surface area contributed by atoms with Gasteiger partial charge < -0.3 is 14.1 Å². The highest BCUT2D eigenvalue weighted by atomic mass is 16.4. The van der Waals surface area contributed by atoms with Crippen LogP contribution in [-0.2, 0) is 13.0 Å². The molecule has 0 saturated carbocycles. The number of aryl methyl sites for hydroxylation is 1. The minimum absolute atomic E-state index is 0.454. The zero-order valence-electron chi connectivity index (χ0n) is 10.8. The van der Waals surface area contributed by atoms with E-state index in [-0.39, 0.29) is 0 Å². The number of hydrogen-bond acceptors (Lipinski definition) is 3. The maximum absolute atomic E-state index is 10.2. The van der Waals surface area contributed by atoms with Crippen LogP contribution in [0, 0.1) is 0 Å². The summed E-state index contributed by atoms with van der Waals surface area (Å²) in [7, 11) is 0. The van der Waals surface area contributed by atoms with E-state index in [1.54, 1.807) is 18.4 Å². The van der Waals surface area contributed by atoms with Gasteiger partial charge in [0.2, 0.25) is 0 Å². The second kappa shape index (κ2) is 4.90. The van der Waals surface area contributed by atoms with Gasteiger partial charge in [-0.1, -0.05) is 12.1 Å². The highest BCUT2D eigenvalue weighted by Gasteiger charge is 2.16. The average Bonchev–Trinajstić information content (AvgIpc) is 3.05. The van der Waals surface area contributed by atoms with Crippen molar-refractivity contribution in [1.29, 1.82) is 0 Å². The van der Waals surface area contributed by atoms with Crippen LogP contribution in [0.25, 0.3) is 11.0 Å². The highest BCUT2D eigenvalue weighted by Crippen LogP contribution is 2.22. The Kier molecular flexibility index (Phi) is 3.09. The van der Waals surface area contributed by atoms with Gasteiger partial charge in [0.25, 0.3) is 0 Å². The van der Waals surface area contributed by atoms with Gasteiger partial charge in [0.15, 0.2) is 0 Å². The minimum atomic E-state index is -0.655. The van der Waals surface area contributed by atoms with E-state index in [1.165, 1.54) is 0 Å². The molecular weight excluding hydrogens is 240 g/mol. The molecule has 1 aromatic carbocycles. The number of imidazole rings is 1. The lowest BCUT2D eigenvalue weighted by Gasteiger charge is -2.09. The Morgan fingerprint density at radius 3 is 2.84 bits per heavy atom. The number of para-hydroxylation sites is 2. The second-order valence-electron chi connectivity index (χ2n) is 4.50. The number of aliphatic hydroxyl groups is 1. The van der Waals surface area contributed by atoms with E-state index >= 15 is 0 Å². The largest absolute Gasteiger partial charge is 0.467 e. The zero-order chi connectivity index (χ0) is 13.2. The van der Waals surface area contributed by atoms with Crippen LogP contribution in [0.3, 0.4) is 0 Å². The van der Waals surface area contributed by atoms with E-state index in [2.05, 4.69) is 22.5 Å². The standard InChI is InChI=1S/C15H16N2O2/c1-2-17-12-7-4-3-6-11(12)16-15(17)10-13(18)14-8-5-9-19-14/h3-9,13,18H,2,10H2,1H3. The molecule has 2 aromatic heterocycles. The fourth-order valence-corrected chi connectivity index (χ4v) is 2.39. The highest BCUT2D eigenvalue weighted by molar-refractivity contribution is 5.75. The lowest BCUT2D eigenvalue weighted by Crippen LogP contribution is -2.08. The summed E-state index contributed by atoms with van der Waals surface area (Å²) in [5.41, 5.74) is 2.07. The second-order valence-corrected chi connectivity index (χ2v) is 4.50. The molecule has 0 aliphatic rings. The Hall–Kier alpha value is -2.07. The summed E-state index contributed by atoms with van der Waals surface area (Å²) in [5, 5.41) is 10.2. The van der Waals surface area contributed by atoms with Gasteiger partial charge in [-0.3, -0.25) is 0 Å².